The minimum atomic E-state index is -0.118. The SMILES string of the molecule is O=C(NC[C@@H]1CCCO1)c1cccc(-c2cc(Oc3ccccc3)ncn2)c1. The number of hydrogen-bond acceptors (Lipinski definition) is 5. The van der Waals surface area contributed by atoms with Crippen molar-refractivity contribution in [3.63, 3.8) is 0 Å². The Morgan fingerprint density at radius 1 is 1.11 bits per heavy atom. The van der Waals surface area contributed by atoms with E-state index in [1.165, 1.54) is 6.33 Å². The van der Waals surface area contributed by atoms with E-state index in [2.05, 4.69) is 15.3 Å². The highest BCUT2D eigenvalue weighted by Crippen LogP contribution is 2.24. The van der Waals surface area contributed by atoms with Crippen LogP contribution in [0.5, 0.6) is 11.6 Å². The van der Waals surface area contributed by atoms with Gasteiger partial charge < -0.3 is 14.8 Å². The number of benzene rings is 2. The summed E-state index contributed by atoms with van der Waals surface area (Å²) in [5.41, 5.74) is 2.10. The molecule has 1 fully saturated rings. The van der Waals surface area contributed by atoms with Gasteiger partial charge in [0.2, 0.25) is 5.88 Å². The van der Waals surface area contributed by atoms with Crippen LogP contribution in [0, 0.1) is 0 Å². The van der Waals surface area contributed by atoms with Crippen molar-refractivity contribution < 1.29 is 14.3 Å². The van der Waals surface area contributed by atoms with E-state index in [1.54, 1.807) is 12.1 Å². The third kappa shape index (κ3) is 4.53. The monoisotopic (exact) mass is 375 g/mol. The van der Waals surface area contributed by atoms with Crippen molar-refractivity contribution >= 4 is 5.91 Å². The van der Waals surface area contributed by atoms with Crippen molar-refractivity contribution in [2.45, 2.75) is 18.9 Å². The molecule has 1 aromatic heterocycles. The summed E-state index contributed by atoms with van der Waals surface area (Å²) in [6, 6.07) is 18.6. The lowest BCUT2D eigenvalue weighted by molar-refractivity contribution is 0.0858. The van der Waals surface area contributed by atoms with Gasteiger partial charge in [0.05, 0.1) is 11.8 Å². The zero-order valence-corrected chi connectivity index (χ0v) is 15.4. The maximum Gasteiger partial charge on any atom is 0.251 e. The van der Waals surface area contributed by atoms with Gasteiger partial charge in [0.15, 0.2) is 0 Å². The molecular formula is C22H21N3O3. The molecule has 2 heterocycles. The normalized spacial score (nSPS) is 15.9. The topological polar surface area (TPSA) is 73.3 Å². The van der Waals surface area contributed by atoms with Crippen LogP contribution >= 0.6 is 0 Å². The first-order valence-electron chi connectivity index (χ1n) is 9.33. The van der Waals surface area contributed by atoms with Crippen molar-refractivity contribution in [1.82, 2.24) is 15.3 Å². The van der Waals surface area contributed by atoms with Crippen LogP contribution in [0.2, 0.25) is 0 Å². The predicted molar refractivity (Wildman–Crippen MR) is 105 cm³/mol. The van der Waals surface area contributed by atoms with Gasteiger partial charge in [-0.1, -0.05) is 30.3 Å². The van der Waals surface area contributed by atoms with Gasteiger partial charge in [0.25, 0.3) is 5.91 Å². The van der Waals surface area contributed by atoms with Gasteiger partial charge in [-0.2, -0.15) is 0 Å². The molecule has 1 amide bonds. The van der Waals surface area contributed by atoms with E-state index in [9.17, 15) is 4.79 Å². The summed E-state index contributed by atoms with van der Waals surface area (Å²) in [7, 11) is 0. The van der Waals surface area contributed by atoms with Crippen molar-refractivity contribution in [3.05, 3.63) is 72.6 Å². The largest absolute Gasteiger partial charge is 0.439 e. The predicted octanol–water partition coefficient (Wildman–Crippen LogP) is 3.84. The quantitative estimate of drug-likeness (QED) is 0.708. The fraction of sp³-hybridized carbons (Fsp3) is 0.227. The molecule has 4 rings (SSSR count). The Morgan fingerprint density at radius 3 is 2.82 bits per heavy atom. The molecule has 2 aromatic carbocycles. The summed E-state index contributed by atoms with van der Waals surface area (Å²) in [6.45, 7) is 1.31. The second kappa shape index (κ2) is 8.63. The maximum atomic E-state index is 12.5. The lowest BCUT2D eigenvalue weighted by atomic mass is 10.1. The highest BCUT2D eigenvalue weighted by atomic mass is 16.5. The number of nitrogens with zero attached hydrogens (tertiary/aromatic N) is 2. The fourth-order valence-corrected chi connectivity index (χ4v) is 3.10. The highest BCUT2D eigenvalue weighted by Gasteiger charge is 2.17. The number of aromatic nitrogens is 2. The van der Waals surface area contributed by atoms with Crippen molar-refractivity contribution in [2.75, 3.05) is 13.2 Å². The second-order valence-corrected chi connectivity index (χ2v) is 6.58. The van der Waals surface area contributed by atoms with Crippen LogP contribution < -0.4 is 10.1 Å². The Labute approximate surface area is 163 Å². The Hall–Kier alpha value is -3.25. The third-order valence-electron chi connectivity index (χ3n) is 4.54. The van der Waals surface area contributed by atoms with E-state index in [4.69, 9.17) is 9.47 Å². The number of carbonyl (C=O) groups is 1. The average molecular weight is 375 g/mol. The first-order valence-corrected chi connectivity index (χ1v) is 9.33. The van der Waals surface area contributed by atoms with Crippen molar-refractivity contribution in [1.29, 1.82) is 0 Å². The number of amides is 1. The standard InChI is InChI=1S/C22H21N3O3/c26-22(23-14-19-10-5-11-27-19)17-7-4-6-16(12-17)20-13-21(25-15-24-20)28-18-8-2-1-3-9-18/h1-4,6-9,12-13,15,19H,5,10-11,14H2,(H,23,26)/t19-/m0/s1. The molecule has 0 spiro atoms. The second-order valence-electron chi connectivity index (χ2n) is 6.58. The minimum absolute atomic E-state index is 0.117. The molecule has 6 nitrogen and oxygen atoms in total. The molecule has 142 valence electrons. The summed E-state index contributed by atoms with van der Waals surface area (Å²) in [5, 5.41) is 2.94. The van der Waals surface area contributed by atoms with E-state index in [1.807, 2.05) is 48.5 Å². The highest BCUT2D eigenvalue weighted by molar-refractivity contribution is 5.95. The molecular weight excluding hydrogens is 354 g/mol. The van der Waals surface area contributed by atoms with Gasteiger partial charge in [0, 0.05) is 30.3 Å². The molecule has 1 N–H and O–H groups in total. The Balaban J connectivity index is 1.47. The summed E-state index contributed by atoms with van der Waals surface area (Å²) >= 11 is 0. The van der Waals surface area contributed by atoms with Crippen LogP contribution in [0.4, 0.5) is 0 Å². The van der Waals surface area contributed by atoms with Gasteiger partial charge >= 0.3 is 0 Å². The van der Waals surface area contributed by atoms with Gasteiger partial charge in [0.1, 0.15) is 12.1 Å². The smallest absolute Gasteiger partial charge is 0.251 e. The van der Waals surface area contributed by atoms with E-state index >= 15 is 0 Å². The molecule has 1 aliphatic heterocycles. The zero-order valence-electron chi connectivity index (χ0n) is 15.4. The average Bonchev–Trinajstić information content (AvgIpc) is 3.27. The molecule has 0 aliphatic carbocycles. The lowest BCUT2D eigenvalue weighted by Crippen LogP contribution is -2.31. The molecule has 6 heteroatoms. The molecule has 28 heavy (non-hydrogen) atoms. The van der Waals surface area contributed by atoms with Crippen molar-refractivity contribution in [2.24, 2.45) is 0 Å². The number of carbonyl (C=O) groups excluding carboxylic acids is 1. The van der Waals surface area contributed by atoms with Crippen LogP contribution in [0.25, 0.3) is 11.3 Å². The van der Waals surface area contributed by atoms with E-state index < -0.39 is 0 Å². The van der Waals surface area contributed by atoms with Crippen LogP contribution in [-0.2, 0) is 4.74 Å². The van der Waals surface area contributed by atoms with Crippen LogP contribution in [0.3, 0.4) is 0 Å². The maximum absolute atomic E-state index is 12.5. The first kappa shape index (κ1) is 18.1. The lowest BCUT2D eigenvalue weighted by Gasteiger charge is -2.11. The van der Waals surface area contributed by atoms with E-state index in [0.29, 0.717) is 29.4 Å². The Bertz CT molecular complexity index is 941. The number of nitrogens with one attached hydrogen (secondary N) is 1. The van der Waals surface area contributed by atoms with Gasteiger partial charge in [-0.3, -0.25) is 4.79 Å². The van der Waals surface area contributed by atoms with Crippen LogP contribution in [0.15, 0.2) is 67.0 Å². The molecule has 3 aromatic rings. The number of rotatable bonds is 6. The van der Waals surface area contributed by atoms with Gasteiger partial charge in [-0.05, 0) is 37.1 Å². The summed E-state index contributed by atoms with van der Waals surface area (Å²) < 4.78 is 11.3. The molecule has 1 saturated heterocycles. The Kier molecular flexibility index (Phi) is 5.58. The molecule has 0 radical (unpaired) electrons. The van der Waals surface area contributed by atoms with Crippen molar-refractivity contribution in [3.8, 4) is 22.9 Å². The summed E-state index contributed by atoms with van der Waals surface area (Å²) in [4.78, 5) is 21.0. The number of ether oxygens (including phenoxy) is 2. The summed E-state index contributed by atoms with van der Waals surface area (Å²) in [5.74, 6) is 1.03. The first-order chi connectivity index (χ1) is 13.8. The minimum Gasteiger partial charge on any atom is -0.439 e. The summed E-state index contributed by atoms with van der Waals surface area (Å²) in [6.07, 6.45) is 3.62. The Morgan fingerprint density at radius 2 is 2.00 bits per heavy atom. The molecule has 1 atom stereocenters. The van der Waals surface area contributed by atoms with Crippen LogP contribution in [-0.4, -0.2) is 35.1 Å². The fourth-order valence-electron chi connectivity index (χ4n) is 3.10. The molecule has 0 saturated carbocycles. The number of hydrogen-bond donors (Lipinski definition) is 1. The van der Waals surface area contributed by atoms with Gasteiger partial charge in [-0.15, -0.1) is 0 Å². The van der Waals surface area contributed by atoms with Gasteiger partial charge in [-0.25, -0.2) is 9.97 Å². The van der Waals surface area contributed by atoms with E-state index in [-0.39, 0.29) is 12.0 Å². The molecule has 0 bridgehead atoms. The zero-order chi connectivity index (χ0) is 19.2. The van der Waals surface area contributed by atoms with Crippen LogP contribution in [0.1, 0.15) is 23.2 Å². The molecule has 0 unspecified atom stereocenters. The van der Waals surface area contributed by atoms with E-state index in [0.717, 1.165) is 25.0 Å². The molecule has 1 aliphatic rings. The number of para-hydroxylation sites is 1. The third-order valence-corrected chi connectivity index (χ3v) is 4.54.